The predicted molar refractivity (Wildman–Crippen MR) is 63.1 cm³/mol. The Morgan fingerprint density at radius 1 is 1.25 bits per heavy atom. The van der Waals surface area contributed by atoms with E-state index in [-0.39, 0.29) is 0 Å². The lowest BCUT2D eigenvalue weighted by Gasteiger charge is -2.06. The lowest BCUT2D eigenvalue weighted by atomic mass is 10.3. The Hall–Kier alpha value is -1.91. The Bertz CT molecular complexity index is 463. The standard InChI is InChI=1S/C11H15N5/c1-3-12-10-7-9(14-8-15-10)11-13-5-6-16(11)4-2/h5-8H,3-4H2,1-2H3,(H,12,14,15). The summed E-state index contributed by atoms with van der Waals surface area (Å²) in [5, 5.41) is 3.16. The van der Waals surface area contributed by atoms with Crippen molar-refractivity contribution in [2.45, 2.75) is 20.4 Å². The summed E-state index contributed by atoms with van der Waals surface area (Å²) in [6, 6.07) is 1.91. The number of rotatable bonds is 4. The number of hydrogen-bond donors (Lipinski definition) is 1. The van der Waals surface area contributed by atoms with Gasteiger partial charge in [-0.3, -0.25) is 0 Å². The van der Waals surface area contributed by atoms with Crippen molar-refractivity contribution in [2.24, 2.45) is 0 Å². The Morgan fingerprint density at radius 3 is 2.88 bits per heavy atom. The fraction of sp³-hybridized carbons (Fsp3) is 0.364. The Kier molecular flexibility index (Phi) is 3.14. The van der Waals surface area contributed by atoms with Crippen molar-refractivity contribution in [3.05, 3.63) is 24.8 Å². The summed E-state index contributed by atoms with van der Waals surface area (Å²) in [5.41, 5.74) is 0.845. The summed E-state index contributed by atoms with van der Waals surface area (Å²) in [6.45, 7) is 5.85. The molecule has 0 amide bonds. The molecular formula is C11H15N5. The van der Waals surface area contributed by atoms with Gasteiger partial charge in [-0.25, -0.2) is 15.0 Å². The van der Waals surface area contributed by atoms with Crippen LogP contribution in [0.25, 0.3) is 11.5 Å². The van der Waals surface area contributed by atoms with Gasteiger partial charge < -0.3 is 9.88 Å². The molecule has 0 spiro atoms. The van der Waals surface area contributed by atoms with Gasteiger partial charge in [-0.2, -0.15) is 0 Å². The highest BCUT2D eigenvalue weighted by Gasteiger charge is 2.06. The largest absolute Gasteiger partial charge is 0.370 e. The van der Waals surface area contributed by atoms with Crippen molar-refractivity contribution in [1.82, 2.24) is 19.5 Å². The van der Waals surface area contributed by atoms with Gasteiger partial charge in [-0.05, 0) is 13.8 Å². The van der Waals surface area contributed by atoms with E-state index in [1.54, 1.807) is 12.5 Å². The van der Waals surface area contributed by atoms with Crippen LogP contribution in [0.3, 0.4) is 0 Å². The van der Waals surface area contributed by atoms with E-state index in [0.717, 1.165) is 30.4 Å². The van der Waals surface area contributed by atoms with E-state index in [0.29, 0.717) is 0 Å². The van der Waals surface area contributed by atoms with Gasteiger partial charge in [0, 0.05) is 31.5 Å². The fourth-order valence-electron chi connectivity index (χ4n) is 1.55. The zero-order valence-corrected chi connectivity index (χ0v) is 9.51. The van der Waals surface area contributed by atoms with Crippen LogP contribution in [0.5, 0.6) is 0 Å². The molecule has 2 heterocycles. The SMILES string of the molecule is CCNc1cc(-c2nccn2CC)ncn1. The molecule has 0 saturated heterocycles. The number of aryl methyl sites for hydroxylation is 1. The van der Waals surface area contributed by atoms with Crippen molar-refractivity contribution in [2.75, 3.05) is 11.9 Å². The zero-order valence-electron chi connectivity index (χ0n) is 9.51. The molecule has 0 fully saturated rings. The van der Waals surface area contributed by atoms with Gasteiger partial charge in [0.05, 0.1) is 0 Å². The molecule has 84 valence electrons. The molecule has 2 aromatic rings. The Morgan fingerprint density at radius 2 is 2.12 bits per heavy atom. The molecule has 1 N–H and O–H groups in total. The topological polar surface area (TPSA) is 55.6 Å². The van der Waals surface area contributed by atoms with Gasteiger partial charge >= 0.3 is 0 Å². The van der Waals surface area contributed by atoms with Crippen molar-refractivity contribution in [3.63, 3.8) is 0 Å². The highest BCUT2D eigenvalue weighted by Crippen LogP contribution is 2.16. The first-order valence-electron chi connectivity index (χ1n) is 5.42. The van der Waals surface area contributed by atoms with Crippen molar-refractivity contribution < 1.29 is 0 Å². The van der Waals surface area contributed by atoms with Crippen molar-refractivity contribution in [3.8, 4) is 11.5 Å². The van der Waals surface area contributed by atoms with Gasteiger partial charge in [0.2, 0.25) is 0 Å². The second-order valence-electron chi connectivity index (χ2n) is 3.36. The number of imidazole rings is 1. The van der Waals surface area contributed by atoms with Crippen LogP contribution in [0.4, 0.5) is 5.82 Å². The molecule has 0 aliphatic heterocycles. The summed E-state index contributed by atoms with van der Waals surface area (Å²) < 4.78 is 2.05. The summed E-state index contributed by atoms with van der Waals surface area (Å²) in [6.07, 6.45) is 5.29. The summed E-state index contributed by atoms with van der Waals surface area (Å²) in [5.74, 6) is 1.71. The quantitative estimate of drug-likeness (QED) is 0.848. The van der Waals surface area contributed by atoms with Crippen LogP contribution in [0, 0.1) is 0 Å². The number of nitrogens with one attached hydrogen (secondary N) is 1. The number of hydrogen-bond acceptors (Lipinski definition) is 4. The van der Waals surface area contributed by atoms with Crippen molar-refractivity contribution >= 4 is 5.82 Å². The fourth-order valence-corrected chi connectivity index (χ4v) is 1.55. The van der Waals surface area contributed by atoms with Crippen LogP contribution in [-0.4, -0.2) is 26.1 Å². The highest BCUT2D eigenvalue weighted by molar-refractivity contribution is 5.54. The summed E-state index contributed by atoms with van der Waals surface area (Å²) in [7, 11) is 0. The van der Waals surface area contributed by atoms with E-state index in [1.165, 1.54) is 0 Å². The van der Waals surface area contributed by atoms with Gasteiger partial charge in [0.15, 0.2) is 5.82 Å². The van der Waals surface area contributed by atoms with Gasteiger partial charge in [-0.15, -0.1) is 0 Å². The average Bonchev–Trinajstić information content (AvgIpc) is 2.78. The minimum Gasteiger partial charge on any atom is -0.370 e. The Labute approximate surface area is 94.6 Å². The van der Waals surface area contributed by atoms with E-state index in [1.807, 2.05) is 19.2 Å². The van der Waals surface area contributed by atoms with Crippen LogP contribution in [-0.2, 0) is 6.54 Å². The molecule has 0 aliphatic rings. The van der Waals surface area contributed by atoms with Crippen LogP contribution in [0.15, 0.2) is 24.8 Å². The number of nitrogens with zero attached hydrogens (tertiary/aromatic N) is 4. The Balaban J connectivity index is 2.36. The van der Waals surface area contributed by atoms with E-state index in [9.17, 15) is 0 Å². The molecule has 16 heavy (non-hydrogen) atoms. The molecule has 0 aromatic carbocycles. The number of anilines is 1. The minimum absolute atomic E-state index is 0.832. The lowest BCUT2D eigenvalue weighted by Crippen LogP contribution is -2.02. The first-order chi connectivity index (χ1) is 7.85. The van der Waals surface area contributed by atoms with Gasteiger partial charge in [0.25, 0.3) is 0 Å². The minimum atomic E-state index is 0.832. The first-order valence-corrected chi connectivity index (χ1v) is 5.42. The van der Waals surface area contributed by atoms with E-state index >= 15 is 0 Å². The first kappa shape index (κ1) is 10.6. The van der Waals surface area contributed by atoms with Gasteiger partial charge in [0.1, 0.15) is 17.8 Å². The maximum absolute atomic E-state index is 4.30. The molecule has 0 unspecified atom stereocenters. The third kappa shape index (κ3) is 2.03. The normalized spacial score (nSPS) is 10.4. The zero-order chi connectivity index (χ0) is 11.4. The maximum atomic E-state index is 4.30. The third-order valence-electron chi connectivity index (χ3n) is 2.31. The van der Waals surface area contributed by atoms with Crippen LogP contribution < -0.4 is 5.32 Å². The van der Waals surface area contributed by atoms with Crippen LogP contribution in [0.2, 0.25) is 0 Å². The molecule has 2 rings (SSSR count). The van der Waals surface area contributed by atoms with Crippen molar-refractivity contribution in [1.29, 1.82) is 0 Å². The molecule has 5 heteroatoms. The second kappa shape index (κ2) is 4.74. The van der Waals surface area contributed by atoms with Gasteiger partial charge in [-0.1, -0.05) is 0 Å². The average molecular weight is 217 g/mol. The maximum Gasteiger partial charge on any atom is 0.158 e. The van der Waals surface area contributed by atoms with E-state index < -0.39 is 0 Å². The molecule has 5 nitrogen and oxygen atoms in total. The smallest absolute Gasteiger partial charge is 0.158 e. The summed E-state index contributed by atoms with van der Waals surface area (Å²) in [4.78, 5) is 12.7. The second-order valence-corrected chi connectivity index (χ2v) is 3.36. The van der Waals surface area contributed by atoms with E-state index in [4.69, 9.17) is 0 Å². The predicted octanol–water partition coefficient (Wildman–Crippen LogP) is 1.79. The molecular weight excluding hydrogens is 202 g/mol. The third-order valence-corrected chi connectivity index (χ3v) is 2.31. The van der Waals surface area contributed by atoms with Crippen LogP contribution in [0.1, 0.15) is 13.8 Å². The summed E-state index contributed by atoms with van der Waals surface area (Å²) >= 11 is 0. The molecule has 0 radical (unpaired) electrons. The van der Waals surface area contributed by atoms with Crippen LogP contribution >= 0.6 is 0 Å². The highest BCUT2D eigenvalue weighted by atomic mass is 15.1. The molecule has 2 aromatic heterocycles. The lowest BCUT2D eigenvalue weighted by molar-refractivity contribution is 0.767. The monoisotopic (exact) mass is 217 g/mol. The van der Waals surface area contributed by atoms with E-state index in [2.05, 4.69) is 31.8 Å². The molecule has 0 aliphatic carbocycles. The number of aromatic nitrogens is 4. The molecule has 0 atom stereocenters. The molecule has 0 bridgehead atoms. The molecule has 0 saturated carbocycles.